The molecule has 1 aliphatic rings. The number of rotatable bonds is 1. The Kier molecular flexibility index (Phi) is 1.75. The van der Waals surface area contributed by atoms with Crippen LogP contribution in [0.15, 0.2) is 6.20 Å². The van der Waals surface area contributed by atoms with E-state index >= 15 is 0 Å². The molecule has 1 aliphatic heterocycles. The van der Waals surface area contributed by atoms with Crippen molar-refractivity contribution >= 4 is 0 Å². The van der Waals surface area contributed by atoms with Gasteiger partial charge in [-0.2, -0.15) is 15.4 Å². The van der Waals surface area contributed by atoms with Crippen molar-refractivity contribution in [2.24, 2.45) is 0 Å². The molecule has 0 radical (unpaired) electrons. The molecule has 0 aromatic carbocycles. The van der Waals surface area contributed by atoms with Crippen molar-refractivity contribution < 1.29 is 0 Å². The highest BCUT2D eigenvalue weighted by Gasteiger charge is 2.17. The van der Waals surface area contributed by atoms with E-state index in [-0.39, 0.29) is 0 Å². The fourth-order valence-corrected chi connectivity index (χ4v) is 1.76. The van der Waals surface area contributed by atoms with E-state index in [9.17, 15) is 0 Å². The SMILES string of the molecule is Cc1nc(-c2cn[nH]n2)nc2c1CNC2. The zero-order chi connectivity index (χ0) is 10.3. The van der Waals surface area contributed by atoms with E-state index < -0.39 is 0 Å². The molecule has 3 rings (SSSR count). The third kappa shape index (κ3) is 1.30. The van der Waals surface area contributed by atoms with Gasteiger partial charge in [0.2, 0.25) is 0 Å². The van der Waals surface area contributed by atoms with E-state index in [0.717, 1.165) is 24.5 Å². The number of hydrogen-bond acceptors (Lipinski definition) is 5. The number of aromatic amines is 1. The first-order valence-electron chi connectivity index (χ1n) is 4.78. The second-order valence-corrected chi connectivity index (χ2v) is 3.52. The van der Waals surface area contributed by atoms with Crippen LogP contribution in [0, 0.1) is 6.92 Å². The quantitative estimate of drug-likeness (QED) is 0.689. The van der Waals surface area contributed by atoms with Gasteiger partial charge in [-0.05, 0) is 6.92 Å². The molecular weight excluding hydrogens is 192 g/mol. The summed E-state index contributed by atoms with van der Waals surface area (Å²) in [5.74, 6) is 0.642. The lowest BCUT2D eigenvalue weighted by molar-refractivity contribution is 0.757. The average molecular weight is 202 g/mol. The van der Waals surface area contributed by atoms with Gasteiger partial charge in [0.25, 0.3) is 0 Å². The first-order chi connectivity index (χ1) is 7.34. The lowest BCUT2D eigenvalue weighted by atomic mass is 10.2. The molecule has 2 aromatic heterocycles. The number of H-pyrrole nitrogens is 1. The number of fused-ring (bicyclic) bond motifs is 1. The van der Waals surface area contributed by atoms with Crippen LogP contribution in [0.3, 0.4) is 0 Å². The van der Waals surface area contributed by atoms with Crippen LogP contribution >= 0.6 is 0 Å². The zero-order valence-electron chi connectivity index (χ0n) is 8.28. The Morgan fingerprint density at radius 2 is 2.20 bits per heavy atom. The van der Waals surface area contributed by atoms with Crippen molar-refractivity contribution in [2.45, 2.75) is 20.0 Å². The predicted molar refractivity (Wildman–Crippen MR) is 52.7 cm³/mol. The Balaban J connectivity index is 2.15. The Hall–Kier alpha value is -1.82. The topological polar surface area (TPSA) is 79.4 Å². The summed E-state index contributed by atoms with van der Waals surface area (Å²) < 4.78 is 0. The Morgan fingerprint density at radius 3 is 3.00 bits per heavy atom. The minimum Gasteiger partial charge on any atom is -0.307 e. The number of aryl methyl sites for hydroxylation is 1. The molecule has 0 unspecified atom stereocenters. The molecule has 0 aliphatic carbocycles. The van der Waals surface area contributed by atoms with Crippen molar-refractivity contribution in [2.75, 3.05) is 0 Å². The molecule has 0 spiro atoms. The van der Waals surface area contributed by atoms with Crippen LogP contribution < -0.4 is 5.32 Å². The van der Waals surface area contributed by atoms with Crippen LogP contribution in [0.4, 0.5) is 0 Å². The second kappa shape index (κ2) is 3.09. The summed E-state index contributed by atoms with van der Waals surface area (Å²) in [7, 11) is 0. The summed E-state index contributed by atoms with van der Waals surface area (Å²) in [5, 5.41) is 13.5. The Morgan fingerprint density at radius 1 is 1.27 bits per heavy atom. The lowest BCUT2D eigenvalue weighted by Gasteiger charge is -2.03. The molecule has 0 atom stereocenters. The van der Waals surface area contributed by atoms with E-state index in [1.54, 1.807) is 6.20 Å². The Labute approximate surface area is 86.2 Å². The Bertz CT molecular complexity index is 490. The van der Waals surface area contributed by atoms with Crippen LogP contribution in [-0.2, 0) is 13.1 Å². The molecule has 76 valence electrons. The summed E-state index contributed by atoms with van der Waals surface area (Å²) in [6.07, 6.45) is 1.63. The van der Waals surface area contributed by atoms with Gasteiger partial charge >= 0.3 is 0 Å². The highest BCUT2D eigenvalue weighted by Crippen LogP contribution is 2.19. The second-order valence-electron chi connectivity index (χ2n) is 3.52. The molecule has 0 bridgehead atoms. The van der Waals surface area contributed by atoms with Gasteiger partial charge in [-0.3, -0.25) is 0 Å². The number of aromatic nitrogens is 5. The maximum absolute atomic E-state index is 4.46. The number of nitrogens with zero attached hydrogens (tertiary/aromatic N) is 4. The first-order valence-corrected chi connectivity index (χ1v) is 4.78. The van der Waals surface area contributed by atoms with Crippen LogP contribution in [-0.4, -0.2) is 25.4 Å². The van der Waals surface area contributed by atoms with Gasteiger partial charge in [-0.15, -0.1) is 0 Å². The van der Waals surface area contributed by atoms with Crippen LogP contribution in [0.2, 0.25) is 0 Å². The fourth-order valence-electron chi connectivity index (χ4n) is 1.76. The molecular formula is C9H10N6. The van der Waals surface area contributed by atoms with Crippen LogP contribution in [0.25, 0.3) is 11.5 Å². The summed E-state index contributed by atoms with van der Waals surface area (Å²) >= 11 is 0. The molecule has 3 heterocycles. The molecule has 2 N–H and O–H groups in total. The number of nitrogens with one attached hydrogen (secondary N) is 2. The summed E-state index contributed by atoms with van der Waals surface area (Å²) in [6, 6.07) is 0. The summed E-state index contributed by atoms with van der Waals surface area (Å²) in [4.78, 5) is 8.87. The summed E-state index contributed by atoms with van der Waals surface area (Å²) in [6.45, 7) is 3.67. The standard InChI is InChI=1S/C9H10N6/c1-5-6-2-10-3-7(6)13-9(12-5)8-4-11-15-14-8/h4,10H,2-3H2,1H3,(H,11,14,15). The average Bonchev–Trinajstić information content (AvgIpc) is 2.88. The normalized spacial score (nSPS) is 14.2. The zero-order valence-corrected chi connectivity index (χ0v) is 8.28. The van der Waals surface area contributed by atoms with Gasteiger partial charge in [-0.25, -0.2) is 9.97 Å². The van der Waals surface area contributed by atoms with Crippen molar-refractivity contribution in [3.8, 4) is 11.5 Å². The minimum atomic E-state index is 0.642. The summed E-state index contributed by atoms with van der Waals surface area (Å²) in [5.41, 5.74) is 3.98. The van der Waals surface area contributed by atoms with Crippen molar-refractivity contribution in [3.05, 3.63) is 23.1 Å². The van der Waals surface area contributed by atoms with Crippen molar-refractivity contribution in [1.29, 1.82) is 0 Å². The maximum atomic E-state index is 4.46. The third-order valence-corrected chi connectivity index (χ3v) is 2.54. The van der Waals surface area contributed by atoms with Crippen molar-refractivity contribution in [1.82, 2.24) is 30.7 Å². The van der Waals surface area contributed by atoms with Gasteiger partial charge in [0.1, 0.15) is 5.69 Å². The number of hydrogen-bond donors (Lipinski definition) is 2. The van der Waals surface area contributed by atoms with E-state index in [2.05, 4.69) is 30.7 Å². The molecule has 0 saturated carbocycles. The molecule has 0 amide bonds. The predicted octanol–water partition coefficient (Wildman–Crippen LogP) is 0.173. The van der Waals surface area contributed by atoms with E-state index in [4.69, 9.17) is 0 Å². The fraction of sp³-hybridized carbons (Fsp3) is 0.333. The van der Waals surface area contributed by atoms with Gasteiger partial charge < -0.3 is 5.32 Å². The molecule has 6 nitrogen and oxygen atoms in total. The molecule has 0 saturated heterocycles. The monoisotopic (exact) mass is 202 g/mol. The minimum absolute atomic E-state index is 0.642. The van der Waals surface area contributed by atoms with Gasteiger partial charge in [0.05, 0.1) is 11.9 Å². The largest absolute Gasteiger partial charge is 0.307 e. The van der Waals surface area contributed by atoms with Gasteiger partial charge in [-0.1, -0.05) is 0 Å². The van der Waals surface area contributed by atoms with E-state index in [1.165, 1.54) is 5.56 Å². The van der Waals surface area contributed by atoms with Gasteiger partial charge in [0.15, 0.2) is 5.82 Å². The highest BCUT2D eigenvalue weighted by atomic mass is 15.3. The van der Waals surface area contributed by atoms with Crippen LogP contribution in [0.5, 0.6) is 0 Å². The highest BCUT2D eigenvalue weighted by molar-refractivity contribution is 5.48. The molecule has 0 fully saturated rings. The van der Waals surface area contributed by atoms with Crippen molar-refractivity contribution in [3.63, 3.8) is 0 Å². The van der Waals surface area contributed by atoms with E-state index in [1.807, 2.05) is 6.92 Å². The van der Waals surface area contributed by atoms with E-state index in [0.29, 0.717) is 11.5 Å². The lowest BCUT2D eigenvalue weighted by Crippen LogP contribution is -2.00. The maximum Gasteiger partial charge on any atom is 0.182 e. The van der Waals surface area contributed by atoms with Gasteiger partial charge in [0, 0.05) is 24.3 Å². The first kappa shape index (κ1) is 8.49. The van der Waals surface area contributed by atoms with Crippen LogP contribution in [0.1, 0.15) is 17.0 Å². The smallest absolute Gasteiger partial charge is 0.182 e. The molecule has 15 heavy (non-hydrogen) atoms. The molecule has 6 heteroatoms. The third-order valence-electron chi connectivity index (χ3n) is 2.54. The molecule has 2 aromatic rings.